The Morgan fingerprint density at radius 3 is 2.47 bits per heavy atom. The van der Waals surface area contributed by atoms with Crippen LogP contribution in [0, 0.1) is 11.3 Å². The van der Waals surface area contributed by atoms with Crippen LogP contribution in [0.3, 0.4) is 0 Å². The van der Waals surface area contributed by atoms with Crippen molar-refractivity contribution in [1.29, 1.82) is 0 Å². The Morgan fingerprint density at radius 2 is 2.07 bits per heavy atom. The van der Waals surface area contributed by atoms with Crippen LogP contribution >= 0.6 is 0 Å². The number of aliphatic carboxylic acids is 1. The zero-order valence-corrected chi connectivity index (χ0v) is 9.38. The molecule has 15 heavy (non-hydrogen) atoms. The molecule has 0 bridgehead atoms. The first-order chi connectivity index (χ1) is 7.00. The Kier molecular flexibility index (Phi) is 3.72. The summed E-state index contributed by atoms with van der Waals surface area (Å²) in [5, 5.41) is 11.6. The molecule has 1 rings (SSSR count). The van der Waals surface area contributed by atoms with Crippen LogP contribution in [-0.4, -0.2) is 23.5 Å². The largest absolute Gasteiger partial charge is 0.481 e. The maximum absolute atomic E-state index is 11.4. The summed E-state index contributed by atoms with van der Waals surface area (Å²) in [7, 11) is 0. The van der Waals surface area contributed by atoms with Crippen LogP contribution in [0.5, 0.6) is 0 Å². The lowest BCUT2D eigenvalue weighted by Gasteiger charge is -2.12. The number of rotatable bonds is 6. The number of carboxylic acid groups (broad SMARTS) is 1. The minimum Gasteiger partial charge on any atom is -0.481 e. The number of hydrogen-bond acceptors (Lipinski definition) is 2. The molecule has 0 aromatic heterocycles. The number of carbonyl (C=O) groups excluding carboxylic acids is 1. The second-order valence-corrected chi connectivity index (χ2v) is 4.58. The quantitative estimate of drug-likeness (QED) is 0.701. The van der Waals surface area contributed by atoms with Crippen molar-refractivity contribution in [2.45, 2.75) is 39.5 Å². The molecule has 2 N–H and O–H groups in total. The van der Waals surface area contributed by atoms with E-state index in [1.807, 2.05) is 13.8 Å². The van der Waals surface area contributed by atoms with Gasteiger partial charge in [-0.05, 0) is 18.8 Å². The molecule has 0 radical (unpaired) electrons. The van der Waals surface area contributed by atoms with E-state index in [0.29, 0.717) is 25.2 Å². The first kappa shape index (κ1) is 12.0. The van der Waals surface area contributed by atoms with Gasteiger partial charge in [0.05, 0.1) is 5.41 Å². The van der Waals surface area contributed by atoms with Crippen LogP contribution in [0.4, 0.5) is 0 Å². The van der Waals surface area contributed by atoms with Crippen LogP contribution in [0.25, 0.3) is 0 Å². The van der Waals surface area contributed by atoms with Gasteiger partial charge in [-0.3, -0.25) is 9.59 Å². The highest BCUT2D eigenvalue weighted by atomic mass is 16.4. The number of carboxylic acids is 1. The van der Waals surface area contributed by atoms with Gasteiger partial charge in [-0.15, -0.1) is 0 Å². The Hall–Kier alpha value is -1.06. The minimum absolute atomic E-state index is 0.0307. The Balaban J connectivity index is 2.26. The van der Waals surface area contributed by atoms with Crippen molar-refractivity contribution in [2.24, 2.45) is 11.3 Å². The normalized spacial score (nSPS) is 19.3. The smallest absolute Gasteiger partial charge is 0.311 e. The van der Waals surface area contributed by atoms with Crippen LogP contribution in [-0.2, 0) is 9.59 Å². The van der Waals surface area contributed by atoms with E-state index in [9.17, 15) is 9.59 Å². The first-order valence-corrected chi connectivity index (χ1v) is 5.50. The van der Waals surface area contributed by atoms with E-state index in [4.69, 9.17) is 5.11 Å². The van der Waals surface area contributed by atoms with Gasteiger partial charge in [0, 0.05) is 13.0 Å². The number of hydrogen-bond donors (Lipinski definition) is 2. The summed E-state index contributed by atoms with van der Waals surface area (Å²) in [6.07, 6.45) is 2.83. The topological polar surface area (TPSA) is 66.4 Å². The maximum Gasteiger partial charge on any atom is 0.311 e. The average Bonchev–Trinajstić information content (AvgIpc) is 2.95. The van der Waals surface area contributed by atoms with Gasteiger partial charge in [-0.2, -0.15) is 0 Å². The molecule has 0 saturated heterocycles. The van der Waals surface area contributed by atoms with Gasteiger partial charge in [-0.1, -0.05) is 20.3 Å². The fraction of sp³-hybridized carbons (Fsp3) is 0.818. The molecule has 0 aromatic carbocycles. The zero-order chi connectivity index (χ0) is 11.5. The third-order valence-electron chi connectivity index (χ3n) is 3.16. The molecule has 0 heterocycles. The zero-order valence-electron chi connectivity index (χ0n) is 9.38. The highest BCUT2D eigenvalue weighted by Crippen LogP contribution is 2.45. The average molecular weight is 213 g/mol. The molecule has 1 unspecified atom stereocenters. The fourth-order valence-electron chi connectivity index (χ4n) is 1.42. The van der Waals surface area contributed by atoms with E-state index < -0.39 is 11.4 Å². The summed E-state index contributed by atoms with van der Waals surface area (Å²) in [6.45, 7) is 4.35. The lowest BCUT2D eigenvalue weighted by atomic mass is 10.0. The summed E-state index contributed by atoms with van der Waals surface area (Å²) in [4.78, 5) is 22.2. The van der Waals surface area contributed by atoms with E-state index in [2.05, 4.69) is 5.32 Å². The van der Waals surface area contributed by atoms with Gasteiger partial charge in [0.2, 0.25) is 5.91 Å². The predicted molar refractivity (Wildman–Crippen MR) is 56.4 cm³/mol. The highest BCUT2D eigenvalue weighted by molar-refractivity contribution is 5.80. The predicted octanol–water partition coefficient (Wildman–Crippen LogP) is 1.40. The summed E-state index contributed by atoms with van der Waals surface area (Å²) in [5.74, 6) is -0.451. The molecule has 4 nitrogen and oxygen atoms in total. The lowest BCUT2D eigenvalue weighted by Crippen LogP contribution is -2.34. The number of carbonyl (C=O) groups is 2. The van der Waals surface area contributed by atoms with Crippen molar-refractivity contribution >= 4 is 11.9 Å². The Morgan fingerprint density at radius 1 is 1.47 bits per heavy atom. The molecule has 1 atom stereocenters. The molecule has 1 amide bonds. The van der Waals surface area contributed by atoms with Crippen molar-refractivity contribution in [2.75, 3.05) is 6.54 Å². The van der Waals surface area contributed by atoms with Gasteiger partial charge in [0.1, 0.15) is 0 Å². The van der Waals surface area contributed by atoms with Crippen molar-refractivity contribution in [1.82, 2.24) is 5.32 Å². The lowest BCUT2D eigenvalue weighted by molar-refractivity contribution is -0.143. The van der Waals surface area contributed by atoms with Gasteiger partial charge in [0.25, 0.3) is 0 Å². The molecule has 1 aliphatic rings. The fourth-order valence-corrected chi connectivity index (χ4v) is 1.42. The third kappa shape index (κ3) is 3.22. The van der Waals surface area contributed by atoms with Gasteiger partial charge in [-0.25, -0.2) is 0 Å². The van der Waals surface area contributed by atoms with E-state index >= 15 is 0 Å². The third-order valence-corrected chi connectivity index (χ3v) is 3.16. The molecule has 4 heteroatoms. The Labute approximate surface area is 90.0 Å². The van der Waals surface area contributed by atoms with E-state index in [-0.39, 0.29) is 12.5 Å². The van der Waals surface area contributed by atoms with Crippen LogP contribution in [0.15, 0.2) is 0 Å². The minimum atomic E-state index is -0.786. The number of nitrogens with one attached hydrogen (secondary N) is 1. The van der Waals surface area contributed by atoms with Crippen LogP contribution in [0.1, 0.15) is 39.5 Å². The van der Waals surface area contributed by atoms with Crippen molar-refractivity contribution in [3.05, 3.63) is 0 Å². The van der Waals surface area contributed by atoms with Gasteiger partial charge >= 0.3 is 5.97 Å². The summed E-state index contributed by atoms with van der Waals surface area (Å²) >= 11 is 0. The Bertz CT molecular complexity index is 259. The standard InChI is InChI=1S/C11H19NO3/c1-3-8(2)6-9(13)12-7-11(4-5-11)10(14)15/h8H,3-7H2,1-2H3,(H,12,13)(H,14,15). The van der Waals surface area contributed by atoms with Crippen LogP contribution in [0.2, 0.25) is 0 Å². The van der Waals surface area contributed by atoms with E-state index in [1.165, 1.54) is 0 Å². The molecule has 1 aliphatic carbocycles. The molecular weight excluding hydrogens is 194 g/mol. The molecule has 1 saturated carbocycles. The molecule has 0 aliphatic heterocycles. The second-order valence-electron chi connectivity index (χ2n) is 4.58. The molecule has 86 valence electrons. The monoisotopic (exact) mass is 213 g/mol. The summed E-state index contributed by atoms with van der Waals surface area (Å²) in [5.41, 5.74) is -0.648. The maximum atomic E-state index is 11.4. The van der Waals surface area contributed by atoms with E-state index in [0.717, 1.165) is 6.42 Å². The van der Waals surface area contributed by atoms with Gasteiger partial charge in [0.15, 0.2) is 0 Å². The summed E-state index contributed by atoms with van der Waals surface area (Å²) in [6, 6.07) is 0. The molecule has 0 aromatic rings. The number of amides is 1. The first-order valence-electron chi connectivity index (χ1n) is 5.50. The molecular formula is C11H19NO3. The summed E-state index contributed by atoms with van der Waals surface area (Å²) < 4.78 is 0. The van der Waals surface area contributed by atoms with Crippen molar-refractivity contribution < 1.29 is 14.7 Å². The highest BCUT2D eigenvalue weighted by Gasteiger charge is 2.50. The van der Waals surface area contributed by atoms with Crippen molar-refractivity contribution in [3.8, 4) is 0 Å². The van der Waals surface area contributed by atoms with Gasteiger partial charge < -0.3 is 10.4 Å². The van der Waals surface area contributed by atoms with Crippen molar-refractivity contribution in [3.63, 3.8) is 0 Å². The van der Waals surface area contributed by atoms with E-state index in [1.54, 1.807) is 0 Å². The second kappa shape index (κ2) is 4.64. The molecule has 0 spiro atoms. The SMILES string of the molecule is CCC(C)CC(=O)NCC1(C(=O)O)CC1. The molecule has 1 fully saturated rings. The van der Waals surface area contributed by atoms with Crippen LogP contribution < -0.4 is 5.32 Å².